The van der Waals surface area contributed by atoms with E-state index >= 15 is 0 Å². The van der Waals surface area contributed by atoms with Crippen LogP contribution in [0, 0.1) is 0 Å². The first kappa shape index (κ1) is 13.7. The van der Waals surface area contributed by atoms with Gasteiger partial charge in [0.15, 0.2) is 0 Å². The minimum atomic E-state index is 0.106. The van der Waals surface area contributed by atoms with E-state index in [1.807, 2.05) is 17.7 Å². The van der Waals surface area contributed by atoms with Gasteiger partial charge in [0.2, 0.25) is 5.91 Å². The molecule has 0 atom stereocenters. The lowest BCUT2D eigenvalue weighted by Crippen LogP contribution is -2.25. The summed E-state index contributed by atoms with van der Waals surface area (Å²) in [5.41, 5.74) is 1.12. The summed E-state index contributed by atoms with van der Waals surface area (Å²) in [5.74, 6) is 0.106. The Balaban J connectivity index is 2.35. The zero-order valence-corrected chi connectivity index (χ0v) is 10.7. The lowest BCUT2D eigenvalue weighted by molar-refractivity contribution is -0.121. The number of amides is 1. The van der Waals surface area contributed by atoms with Crippen LogP contribution in [0.5, 0.6) is 0 Å². The molecule has 0 aromatic carbocycles. The number of imidazole rings is 1. The fraction of sp³-hybridized carbons (Fsp3) is 0.667. The lowest BCUT2D eigenvalue weighted by Gasteiger charge is -2.08. The summed E-state index contributed by atoms with van der Waals surface area (Å²) in [6, 6.07) is 0. The second-order valence-corrected chi connectivity index (χ2v) is 3.96. The summed E-state index contributed by atoms with van der Waals surface area (Å²) in [6.45, 7) is 7.29. The molecule has 5 heteroatoms. The maximum absolute atomic E-state index is 11.5. The summed E-state index contributed by atoms with van der Waals surface area (Å²) in [4.78, 5) is 15.6. The van der Waals surface area contributed by atoms with Crippen LogP contribution in [0.2, 0.25) is 0 Å². The number of aromatic nitrogens is 2. The molecule has 0 aliphatic rings. The third kappa shape index (κ3) is 4.99. The second kappa shape index (κ2) is 7.84. The van der Waals surface area contributed by atoms with Crippen LogP contribution >= 0.6 is 0 Å². The minimum Gasteiger partial charge on any atom is -0.356 e. The molecular formula is C12H22N4O. The molecule has 0 saturated carbocycles. The van der Waals surface area contributed by atoms with Crippen molar-refractivity contribution in [1.82, 2.24) is 20.2 Å². The molecule has 1 aromatic heterocycles. The molecule has 0 aliphatic carbocycles. The van der Waals surface area contributed by atoms with Crippen molar-refractivity contribution in [3.05, 3.63) is 18.2 Å². The number of rotatable bonds is 8. The first-order valence-corrected chi connectivity index (χ1v) is 6.24. The Morgan fingerprint density at radius 3 is 3.00 bits per heavy atom. The van der Waals surface area contributed by atoms with E-state index in [1.165, 1.54) is 0 Å². The minimum absolute atomic E-state index is 0.106. The second-order valence-electron chi connectivity index (χ2n) is 3.96. The van der Waals surface area contributed by atoms with Gasteiger partial charge in [0, 0.05) is 32.3 Å². The predicted molar refractivity (Wildman–Crippen MR) is 67.5 cm³/mol. The molecule has 0 fully saturated rings. The monoisotopic (exact) mass is 238 g/mol. The third-order valence-corrected chi connectivity index (χ3v) is 2.51. The first-order valence-electron chi connectivity index (χ1n) is 6.24. The van der Waals surface area contributed by atoms with E-state index in [0.717, 1.165) is 31.7 Å². The van der Waals surface area contributed by atoms with Crippen molar-refractivity contribution in [2.75, 3.05) is 13.1 Å². The molecule has 1 heterocycles. The molecule has 5 nitrogen and oxygen atoms in total. The molecule has 0 saturated heterocycles. The summed E-state index contributed by atoms with van der Waals surface area (Å²) in [6.07, 6.45) is 5.10. The Morgan fingerprint density at radius 1 is 1.47 bits per heavy atom. The SMILES string of the molecule is CCCNC(=O)CCn1cncc1CNCC. The zero-order chi connectivity index (χ0) is 12.5. The van der Waals surface area contributed by atoms with Crippen molar-refractivity contribution < 1.29 is 4.79 Å². The van der Waals surface area contributed by atoms with Gasteiger partial charge in [0.1, 0.15) is 0 Å². The van der Waals surface area contributed by atoms with E-state index in [9.17, 15) is 4.79 Å². The van der Waals surface area contributed by atoms with Crippen LogP contribution < -0.4 is 10.6 Å². The summed E-state index contributed by atoms with van der Waals surface area (Å²) in [5, 5.41) is 6.12. The van der Waals surface area contributed by atoms with Crippen molar-refractivity contribution in [1.29, 1.82) is 0 Å². The van der Waals surface area contributed by atoms with Crippen LogP contribution in [0.3, 0.4) is 0 Å². The van der Waals surface area contributed by atoms with E-state index in [1.54, 1.807) is 6.33 Å². The lowest BCUT2D eigenvalue weighted by atomic mass is 10.3. The fourth-order valence-electron chi connectivity index (χ4n) is 1.52. The van der Waals surface area contributed by atoms with Crippen LogP contribution in [0.1, 0.15) is 32.4 Å². The normalized spacial score (nSPS) is 10.5. The number of nitrogens with one attached hydrogen (secondary N) is 2. The smallest absolute Gasteiger partial charge is 0.221 e. The van der Waals surface area contributed by atoms with Crippen LogP contribution in [0.25, 0.3) is 0 Å². The van der Waals surface area contributed by atoms with E-state index in [2.05, 4.69) is 22.5 Å². The highest BCUT2D eigenvalue weighted by atomic mass is 16.1. The van der Waals surface area contributed by atoms with Gasteiger partial charge in [-0.3, -0.25) is 4.79 Å². The van der Waals surface area contributed by atoms with E-state index in [-0.39, 0.29) is 5.91 Å². The molecule has 1 rings (SSSR count). The number of carbonyl (C=O) groups is 1. The number of carbonyl (C=O) groups excluding carboxylic acids is 1. The molecule has 2 N–H and O–H groups in total. The zero-order valence-electron chi connectivity index (χ0n) is 10.7. The number of hydrogen-bond acceptors (Lipinski definition) is 3. The van der Waals surface area contributed by atoms with Crippen molar-refractivity contribution in [2.45, 2.75) is 39.8 Å². The van der Waals surface area contributed by atoms with Gasteiger partial charge in [-0.15, -0.1) is 0 Å². The van der Waals surface area contributed by atoms with Gasteiger partial charge < -0.3 is 15.2 Å². The summed E-state index contributed by atoms with van der Waals surface area (Å²) in [7, 11) is 0. The van der Waals surface area contributed by atoms with Crippen LogP contribution in [-0.4, -0.2) is 28.5 Å². The Hall–Kier alpha value is -1.36. The van der Waals surface area contributed by atoms with Gasteiger partial charge in [0.25, 0.3) is 0 Å². The molecule has 0 aliphatic heterocycles. The third-order valence-electron chi connectivity index (χ3n) is 2.51. The molecule has 1 aromatic rings. The molecule has 0 spiro atoms. The Kier molecular flexibility index (Phi) is 6.32. The Bertz CT molecular complexity index is 335. The van der Waals surface area contributed by atoms with E-state index in [4.69, 9.17) is 0 Å². The van der Waals surface area contributed by atoms with Gasteiger partial charge in [-0.2, -0.15) is 0 Å². The quantitative estimate of drug-likeness (QED) is 0.707. The Labute approximate surface area is 103 Å². The predicted octanol–water partition coefficient (Wildman–Crippen LogP) is 0.909. The maximum atomic E-state index is 11.5. The topological polar surface area (TPSA) is 59.0 Å². The summed E-state index contributed by atoms with van der Waals surface area (Å²) >= 11 is 0. The highest BCUT2D eigenvalue weighted by Crippen LogP contribution is 2.00. The standard InChI is InChI=1S/C12H22N4O/c1-3-6-15-12(17)5-7-16-10-14-9-11(16)8-13-4-2/h9-10,13H,3-8H2,1-2H3,(H,15,17). The number of aryl methyl sites for hydroxylation is 1. The molecule has 17 heavy (non-hydrogen) atoms. The molecular weight excluding hydrogens is 216 g/mol. The first-order chi connectivity index (χ1) is 8.27. The van der Waals surface area contributed by atoms with Crippen LogP contribution in [0.4, 0.5) is 0 Å². The van der Waals surface area contributed by atoms with Gasteiger partial charge in [0.05, 0.1) is 12.0 Å². The van der Waals surface area contributed by atoms with Crippen molar-refractivity contribution in [2.24, 2.45) is 0 Å². The van der Waals surface area contributed by atoms with Crippen molar-refractivity contribution >= 4 is 5.91 Å². The molecule has 0 unspecified atom stereocenters. The highest BCUT2D eigenvalue weighted by molar-refractivity contribution is 5.75. The molecule has 0 bridgehead atoms. The number of nitrogens with zero attached hydrogens (tertiary/aromatic N) is 2. The Morgan fingerprint density at radius 2 is 2.29 bits per heavy atom. The average Bonchev–Trinajstić information content (AvgIpc) is 2.78. The highest BCUT2D eigenvalue weighted by Gasteiger charge is 2.04. The van der Waals surface area contributed by atoms with Crippen molar-refractivity contribution in [3.63, 3.8) is 0 Å². The van der Waals surface area contributed by atoms with Gasteiger partial charge in [-0.05, 0) is 13.0 Å². The largest absolute Gasteiger partial charge is 0.356 e. The molecule has 96 valence electrons. The van der Waals surface area contributed by atoms with Gasteiger partial charge >= 0.3 is 0 Å². The van der Waals surface area contributed by atoms with Gasteiger partial charge in [-0.1, -0.05) is 13.8 Å². The number of hydrogen-bond donors (Lipinski definition) is 2. The van der Waals surface area contributed by atoms with Crippen molar-refractivity contribution in [3.8, 4) is 0 Å². The maximum Gasteiger partial charge on any atom is 0.221 e. The van der Waals surface area contributed by atoms with Crippen LogP contribution in [-0.2, 0) is 17.9 Å². The van der Waals surface area contributed by atoms with Gasteiger partial charge in [-0.25, -0.2) is 4.98 Å². The molecule has 0 radical (unpaired) electrons. The van der Waals surface area contributed by atoms with E-state index in [0.29, 0.717) is 13.0 Å². The average molecular weight is 238 g/mol. The van der Waals surface area contributed by atoms with Crippen LogP contribution in [0.15, 0.2) is 12.5 Å². The fourth-order valence-corrected chi connectivity index (χ4v) is 1.52. The van der Waals surface area contributed by atoms with E-state index < -0.39 is 0 Å². The molecule has 1 amide bonds. The summed E-state index contributed by atoms with van der Waals surface area (Å²) < 4.78 is 2.02.